The molecule has 1 aromatic carbocycles. The number of hydrogen-bond donors (Lipinski definition) is 0. The van der Waals surface area contributed by atoms with Crippen molar-refractivity contribution in [1.82, 2.24) is 4.90 Å². The van der Waals surface area contributed by atoms with Gasteiger partial charge in [-0.05, 0) is 24.6 Å². The zero-order chi connectivity index (χ0) is 12.6. The lowest BCUT2D eigenvalue weighted by Crippen LogP contribution is -2.36. The SMILES string of the molecule is CC(=O)N1C(=O)CN(c2cccc(C)c2)C1=O. The summed E-state index contributed by atoms with van der Waals surface area (Å²) in [5.74, 6) is -1.03. The van der Waals surface area contributed by atoms with Crippen molar-refractivity contribution in [2.45, 2.75) is 13.8 Å². The van der Waals surface area contributed by atoms with Crippen molar-refractivity contribution in [3.8, 4) is 0 Å². The van der Waals surface area contributed by atoms with Crippen molar-refractivity contribution >= 4 is 23.5 Å². The summed E-state index contributed by atoms with van der Waals surface area (Å²) >= 11 is 0. The molecular weight excluding hydrogens is 220 g/mol. The Morgan fingerprint density at radius 2 is 2.00 bits per heavy atom. The zero-order valence-electron chi connectivity index (χ0n) is 9.64. The van der Waals surface area contributed by atoms with E-state index in [1.165, 1.54) is 11.8 Å². The van der Waals surface area contributed by atoms with Crippen LogP contribution in [0.2, 0.25) is 0 Å². The van der Waals surface area contributed by atoms with Gasteiger partial charge in [0.1, 0.15) is 6.54 Å². The number of amides is 4. The molecule has 88 valence electrons. The summed E-state index contributed by atoms with van der Waals surface area (Å²) < 4.78 is 0. The highest BCUT2D eigenvalue weighted by atomic mass is 16.2. The Balaban J connectivity index is 2.34. The average Bonchev–Trinajstić information content (AvgIpc) is 2.54. The minimum atomic E-state index is -0.576. The van der Waals surface area contributed by atoms with E-state index in [9.17, 15) is 14.4 Å². The van der Waals surface area contributed by atoms with E-state index in [4.69, 9.17) is 0 Å². The van der Waals surface area contributed by atoms with Gasteiger partial charge in [-0.3, -0.25) is 14.5 Å². The Hall–Kier alpha value is -2.17. The maximum atomic E-state index is 11.9. The molecule has 1 aromatic rings. The molecule has 0 unspecified atom stereocenters. The van der Waals surface area contributed by atoms with Crippen molar-refractivity contribution in [2.75, 3.05) is 11.4 Å². The van der Waals surface area contributed by atoms with E-state index in [0.717, 1.165) is 5.56 Å². The second kappa shape index (κ2) is 4.01. The van der Waals surface area contributed by atoms with E-state index in [1.54, 1.807) is 18.2 Å². The molecule has 0 atom stereocenters. The van der Waals surface area contributed by atoms with Crippen LogP contribution in [0.3, 0.4) is 0 Å². The Bertz CT molecular complexity index is 510. The van der Waals surface area contributed by atoms with Gasteiger partial charge in [0.25, 0.3) is 5.91 Å². The minimum Gasteiger partial charge on any atom is -0.284 e. The van der Waals surface area contributed by atoms with Gasteiger partial charge in [0.15, 0.2) is 0 Å². The van der Waals surface area contributed by atoms with E-state index >= 15 is 0 Å². The van der Waals surface area contributed by atoms with Gasteiger partial charge < -0.3 is 0 Å². The first-order valence-corrected chi connectivity index (χ1v) is 5.22. The quantitative estimate of drug-likeness (QED) is 0.686. The summed E-state index contributed by atoms with van der Waals surface area (Å²) in [4.78, 5) is 36.6. The molecular formula is C12H12N2O3. The van der Waals surface area contributed by atoms with E-state index in [1.807, 2.05) is 13.0 Å². The second-order valence-corrected chi connectivity index (χ2v) is 3.96. The van der Waals surface area contributed by atoms with Crippen molar-refractivity contribution in [3.63, 3.8) is 0 Å². The van der Waals surface area contributed by atoms with Gasteiger partial charge in [0.2, 0.25) is 5.91 Å². The molecule has 1 fully saturated rings. The first kappa shape index (κ1) is 11.3. The first-order chi connectivity index (χ1) is 8.00. The molecule has 2 rings (SSSR count). The van der Waals surface area contributed by atoms with Gasteiger partial charge in [-0.1, -0.05) is 12.1 Å². The molecule has 0 aliphatic carbocycles. The predicted molar refractivity (Wildman–Crippen MR) is 61.4 cm³/mol. The van der Waals surface area contributed by atoms with Crippen LogP contribution in [0, 0.1) is 6.92 Å². The summed E-state index contributed by atoms with van der Waals surface area (Å²) in [6.07, 6.45) is 0. The number of anilines is 1. The van der Waals surface area contributed by atoms with Crippen LogP contribution in [0.15, 0.2) is 24.3 Å². The number of carbonyl (C=O) groups is 3. The molecule has 0 aromatic heterocycles. The minimum absolute atomic E-state index is 0.0815. The summed E-state index contributed by atoms with van der Waals surface area (Å²) in [6, 6.07) is 6.66. The van der Waals surface area contributed by atoms with Crippen LogP contribution >= 0.6 is 0 Å². The highest BCUT2D eigenvalue weighted by Gasteiger charge is 2.39. The fraction of sp³-hybridized carbons (Fsp3) is 0.250. The molecule has 0 saturated carbocycles. The lowest BCUT2D eigenvalue weighted by molar-refractivity contribution is -0.136. The van der Waals surface area contributed by atoms with Crippen molar-refractivity contribution in [1.29, 1.82) is 0 Å². The smallest absolute Gasteiger partial charge is 0.284 e. The van der Waals surface area contributed by atoms with Gasteiger partial charge in [0, 0.05) is 12.6 Å². The number of nitrogens with zero attached hydrogens (tertiary/aromatic N) is 2. The van der Waals surface area contributed by atoms with E-state index in [-0.39, 0.29) is 6.54 Å². The third kappa shape index (κ3) is 1.91. The fourth-order valence-corrected chi connectivity index (χ4v) is 1.81. The summed E-state index contributed by atoms with van der Waals surface area (Å²) in [7, 11) is 0. The van der Waals surface area contributed by atoms with E-state index in [2.05, 4.69) is 0 Å². The molecule has 0 N–H and O–H groups in total. The Morgan fingerprint density at radius 1 is 1.29 bits per heavy atom. The standard InChI is InChI=1S/C12H12N2O3/c1-8-4-3-5-10(6-8)13-7-11(16)14(9(2)15)12(13)17/h3-6H,7H2,1-2H3. The largest absolute Gasteiger partial charge is 0.338 e. The highest BCUT2D eigenvalue weighted by Crippen LogP contribution is 2.21. The van der Waals surface area contributed by atoms with Crippen molar-refractivity contribution in [3.05, 3.63) is 29.8 Å². The molecule has 5 nitrogen and oxygen atoms in total. The Kier molecular flexibility index (Phi) is 2.67. The number of carbonyl (C=O) groups excluding carboxylic acids is 3. The van der Waals surface area contributed by atoms with Crippen LogP contribution in [0.4, 0.5) is 10.5 Å². The third-order valence-corrected chi connectivity index (χ3v) is 2.59. The molecule has 1 saturated heterocycles. The van der Waals surface area contributed by atoms with Crippen molar-refractivity contribution < 1.29 is 14.4 Å². The van der Waals surface area contributed by atoms with Gasteiger partial charge >= 0.3 is 6.03 Å². The molecule has 5 heteroatoms. The van der Waals surface area contributed by atoms with Gasteiger partial charge in [0.05, 0.1) is 0 Å². The summed E-state index contributed by atoms with van der Waals surface area (Å²) in [5.41, 5.74) is 1.62. The van der Waals surface area contributed by atoms with E-state index in [0.29, 0.717) is 10.6 Å². The molecule has 0 bridgehead atoms. The number of aryl methyl sites for hydroxylation is 1. The molecule has 1 heterocycles. The number of urea groups is 1. The van der Waals surface area contributed by atoms with Crippen LogP contribution < -0.4 is 4.90 Å². The normalized spacial score (nSPS) is 15.6. The number of hydrogen-bond acceptors (Lipinski definition) is 3. The molecule has 1 aliphatic rings. The molecule has 17 heavy (non-hydrogen) atoms. The second-order valence-electron chi connectivity index (χ2n) is 3.96. The first-order valence-electron chi connectivity index (χ1n) is 5.22. The predicted octanol–water partition coefficient (Wildman–Crippen LogP) is 1.31. The van der Waals surface area contributed by atoms with Crippen LogP contribution in [0.1, 0.15) is 12.5 Å². The molecule has 0 radical (unpaired) electrons. The van der Waals surface area contributed by atoms with Gasteiger partial charge in [-0.15, -0.1) is 0 Å². The summed E-state index contributed by atoms with van der Waals surface area (Å²) in [6.45, 7) is 3.02. The average molecular weight is 232 g/mol. The van der Waals surface area contributed by atoms with Gasteiger partial charge in [-0.25, -0.2) is 4.79 Å². The maximum Gasteiger partial charge on any atom is 0.338 e. The highest BCUT2D eigenvalue weighted by molar-refractivity contribution is 6.21. The lowest BCUT2D eigenvalue weighted by atomic mass is 10.2. The molecule has 0 spiro atoms. The number of rotatable bonds is 1. The third-order valence-electron chi connectivity index (χ3n) is 2.59. The lowest BCUT2D eigenvalue weighted by Gasteiger charge is -2.15. The van der Waals surface area contributed by atoms with Crippen LogP contribution in [0.5, 0.6) is 0 Å². The Morgan fingerprint density at radius 3 is 2.53 bits per heavy atom. The Labute approximate surface area is 98.6 Å². The molecule has 1 aliphatic heterocycles. The summed E-state index contributed by atoms with van der Waals surface area (Å²) in [5, 5.41) is 0. The van der Waals surface area contributed by atoms with Crippen molar-refractivity contribution in [2.24, 2.45) is 0 Å². The zero-order valence-corrected chi connectivity index (χ0v) is 9.64. The topological polar surface area (TPSA) is 57.7 Å². The number of benzene rings is 1. The number of imide groups is 3. The maximum absolute atomic E-state index is 11.9. The van der Waals surface area contributed by atoms with Crippen LogP contribution in [0.25, 0.3) is 0 Å². The van der Waals surface area contributed by atoms with Crippen LogP contribution in [-0.2, 0) is 9.59 Å². The fourth-order valence-electron chi connectivity index (χ4n) is 1.81. The monoisotopic (exact) mass is 232 g/mol. The van der Waals surface area contributed by atoms with E-state index < -0.39 is 17.8 Å². The molecule has 4 amide bonds. The van der Waals surface area contributed by atoms with Gasteiger partial charge in [-0.2, -0.15) is 4.90 Å². The van der Waals surface area contributed by atoms with Crippen LogP contribution in [-0.4, -0.2) is 29.3 Å².